The Hall–Kier alpha value is -3.38. The Morgan fingerprint density at radius 1 is 1.12 bits per heavy atom. The number of aryl methyl sites for hydroxylation is 1. The van der Waals surface area contributed by atoms with Gasteiger partial charge in [0.2, 0.25) is 0 Å². The molecular weight excluding hydrogens is 416 g/mol. The molecule has 1 spiro atoms. The van der Waals surface area contributed by atoms with Gasteiger partial charge in [-0.05, 0) is 35.2 Å². The van der Waals surface area contributed by atoms with Gasteiger partial charge in [0.25, 0.3) is 5.91 Å². The van der Waals surface area contributed by atoms with E-state index in [1.807, 2.05) is 12.1 Å². The van der Waals surface area contributed by atoms with Crippen molar-refractivity contribution in [3.05, 3.63) is 87.8 Å². The quantitative estimate of drug-likeness (QED) is 0.625. The molecule has 0 aliphatic carbocycles. The molecule has 2 N–H and O–H groups in total. The summed E-state index contributed by atoms with van der Waals surface area (Å²) >= 11 is 0. The van der Waals surface area contributed by atoms with Crippen LogP contribution in [0, 0.1) is 0 Å². The van der Waals surface area contributed by atoms with Crippen molar-refractivity contribution in [2.45, 2.75) is 44.2 Å². The summed E-state index contributed by atoms with van der Waals surface area (Å²) in [7, 11) is 0. The molecule has 1 atom stereocenters. The van der Waals surface area contributed by atoms with E-state index < -0.39 is 0 Å². The van der Waals surface area contributed by atoms with Gasteiger partial charge in [0.1, 0.15) is 17.0 Å². The number of fused-ring (bicyclic) bond motifs is 1. The minimum atomic E-state index is -0.365. The second-order valence-corrected chi connectivity index (χ2v) is 8.83. The third-order valence-corrected chi connectivity index (χ3v) is 6.72. The Labute approximate surface area is 193 Å². The molecule has 0 radical (unpaired) electrons. The largest absolute Gasteiger partial charge is 0.487 e. The number of ether oxygens (including phenoxy) is 2. The standard InChI is InChI=1S/C27H28N2O4/c1-2-18-5-3-4-6-21(18)19-7-8-25-22(15-19)24(17-27(33-25)10-13-32-14-11-27)29-26(31)23-16-20(30)9-12-28-23/h3-9,12,15-16,24H,2,10-11,13-14,17H2,1H3,(H,28,30)(H,29,31). The first-order chi connectivity index (χ1) is 16.1. The Kier molecular flexibility index (Phi) is 5.77. The number of hydrogen-bond donors (Lipinski definition) is 2. The summed E-state index contributed by atoms with van der Waals surface area (Å²) < 4.78 is 12.1. The molecule has 170 valence electrons. The first-order valence-electron chi connectivity index (χ1n) is 11.6. The average molecular weight is 445 g/mol. The molecule has 1 saturated heterocycles. The van der Waals surface area contributed by atoms with E-state index in [0.717, 1.165) is 36.1 Å². The van der Waals surface area contributed by atoms with E-state index in [4.69, 9.17) is 9.47 Å². The summed E-state index contributed by atoms with van der Waals surface area (Å²) in [5, 5.41) is 3.17. The molecule has 3 heterocycles. The van der Waals surface area contributed by atoms with E-state index in [1.165, 1.54) is 29.5 Å². The summed E-state index contributed by atoms with van der Waals surface area (Å²) in [5.41, 5.74) is 4.21. The predicted molar refractivity (Wildman–Crippen MR) is 127 cm³/mol. The molecule has 0 saturated carbocycles. The molecule has 2 aromatic carbocycles. The van der Waals surface area contributed by atoms with Gasteiger partial charge in [0.05, 0.1) is 19.3 Å². The van der Waals surface area contributed by atoms with Crippen LogP contribution in [0.1, 0.15) is 53.8 Å². The second-order valence-electron chi connectivity index (χ2n) is 8.83. The fraction of sp³-hybridized carbons (Fsp3) is 0.333. The number of amides is 1. The van der Waals surface area contributed by atoms with Crippen LogP contribution in [0.2, 0.25) is 0 Å². The number of carbonyl (C=O) groups is 1. The van der Waals surface area contributed by atoms with Crippen molar-refractivity contribution in [1.29, 1.82) is 0 Å². The van der Waals surface area contributed by atoms with Crippen molar-refractivity contribution in [1.82, 2.24) is 10.3 Å². The van der Waals surface area contributed by atoms with E-state index in [1.54, 1.807) is 0 Å². The summed E-state index contributed by atoms with van der Waals surface area (Å²) in [6, 6.07) is 17.1. The first kappa shape index (κ1) is 21.5. The number of benzene rings is 2. The van der Waals surface area contributed by atoms with E-state index in [-0.39, 0.29) is 28.7 Å². The number of H-pyrrole nitrogens is 1. The molecule has 1 aromatic heterocycles. The van der Waals surface area contributed by atoms with Crippen LogP contribution in [-0.4, -0.2) is 29.7 Å². The van der Waals surface area contributed by atoms with Gasteiger partial charge in [-0.2, -0.15) is 0 Å². The second kappa shape index (κ2) is 8.87. The fourth-order valence-electron chi connectivity index (χ4n) is 4.94. The van der Waals surface area contributed by atoms with Crippen LogP contribution >= 0.6 is 0 Å². The highest BCUT2D eigenvalue weighted by Crippen LogP contribution is 2.45. The van der Waals surface area contributed by atoms with E-state index in [2.05, 4.69) is 47.6 Å². The molecule has 5 rings (SSSR count). The zero-order valence-electron chi connectivity index (χ0n) is 18.7. The molecule has 6 nitrogen and oxygen atoms in total. The number of aromatic amines is 1. The highest BCUT2D eigenvalue weighted by Gasteiger charge is 2.43. The predicted octanol–water partition coefficient (Wildman–Crippen LogP) is 4.41. The minimum absolute atomic E-state index is 0.203. The third kappa shape index (κ3) is 4.31. The molecule has 6 heteroatoms. The molecule has 2 aliphatic heterocycles. The fourth-order valence-corrected chi connectivity index (χ4v) is 4.94. The highest BCUT2D eigenvalue weighted by molar-refractivity contribution is 5.92. The van der Waals surface area contributed by atoms with Gasteiger partial charge in [0, 0.05) is 43.2 Å². The highest BCUT2D eigenvalue weighted by atomic mass is 16.5. The van der Waals surface area contributed by atoms with E-state index in [9.17, 15) is 9.59 Å². The number of carbonyl (C=O) groups excluding carboxylic acids is 1. The van der Waals surface area contributed by atoms with Gasteiger partial charge in [0.15, 0.2) is 5.43 Å². The molecule has 3 aromatic rings. The smallest absolute Gasteiger partial charge is 0.268 e. The van der Waals surface area contributed by atoms with E-state index >= 15 is 0 Å². The third-order valence-electron chi connectivity index (χ3n) is 6.72. The normalized spacial score (nSPS) is 18.9. The number of nitrogens with one attached hydrogen (secondary N) is 2. The van der Waals surface area contributed by atoms with Crippen LogP contribution in [-0.2, 0) is 11.2 Å². The Morgan fingerprint density at radius 3 is 2.73 bits per heavy atom. The SMILES string of the molecule is CCc1ccccc1-c1ccc2c(c1)C(NC(=O)c1cc(=O)cc[nH]1)CC1(CCOCC1)O2. The maximum atomic E-state index is 13.1. The lowest BCUT2D eigenvalue weighted by Gasteiger charge is -2.44. The molecule has 1 amide bonds. The van der Waals surface area contributed by atoms with Crippen molar-refractivity contribution in [2.75, 3.05) is 13.2 Å². The van der Waals surface area contributed by atoms with Crippen LogP contribution in [0.3, 0.4) is 0 Å². The number of pyridine rings is 1. The average Bonchev–Trinajstić information content (AvgIpc) is 2.84. The molecular formula is C27H28N2O4. The van der Waals surface area contributed by atoms with Gasteiger partial charge < -0.3 is 19.8 Å². The number of hydrogen-bond acceptors (Lipinski definition) is 4. The van der Waals surface area contributed by atoms with Crippen molar-refractivity contribution in [2.24, 2.45) is 0 Å². The van der Waals surface area contributed by atoms with Crippen molar-refractivity contribution in [3.8, 4) is 16.9 Å². The Bertz CT molecular complexity index is 1230. The van der Waals surface area contributed by atoms with Crippen molar-refractivity contribution < 1.29 is 14.3 Å². The van der Waals surface area contributed by atoms with Crippen LogP contribution in [0.15, 0.2) is 65.6 Å². The Balaban J connectivity index is 1.54. The van der Waals surface area contributed by atoms with E-state index in [0.29, 0.717) is 19.6 Å². The molecule has 0 bridgehead atoms. The maximum absolute atomic E-state index is 13.1. The minimum Gasteiger partial charge on any atom is -0.487 e. The van der Waals surface area contributed by atoms with Gasteiger partial charge in [-0.15, -0.1) is 0 Å². The van der Waals surface area contributed by atoms with Crippen molar-refractivity contribution in [3.63, 3.8) is 0 Å². The van der Waals surface area contributed by atoms with Crippen LogP contribution in [0.25, 0.3) is 11.1 Å². The monoisotopic (exact) mass is 444 g/mol. The summed E-state index contributed by atoms with van der Waals surface area (Å²) in [6.07, 6.45) is 4.65. The molecule has 1 fully saturated rings. The molecule has 1 unspecified atom stereocenters. The summed E-state index contributed by atoms with van der Waals surface area (Å²) in [6.45, 7) is 3.44. The first-order valence-corrected chi connectivity index (χ1v) is 11.6. The van der Waals surface area contributed by atoms with Gasteiger partial charge >= 0.3 is 0 Å². The number of rotatable bonds is 4. The Morgan fingerprint density at radius 2 is 1.94 bits per heavy atom. The van der Waals surface area contributed by atoms with Crippen LogP contribution in [0.5, 0.6) is 5.75 Å². The van der Waals surface area contributed by atoms with Crippen LogP contribution < -0.4 is 15.5 Å². The van der Waals surface area contributed by atoms with Crippen molar-refractivity contribution >= 4 is 5.91 Å². The lowest BCUT2D eigenvalue weighted by molar-refractivity contribution is -0.0639. The molecule has 2 aliphatic rings. The summed E-state index contributed by atoms with van der Waals surface area (Å²) in [5.74, 6) is 0.500. The topological polar surface area (TPSA) is 80.4 Å². The van der Waals surface area contributed by atoms with Gasteiger partial charge in [-0.3, -0.25) is 9.59 Å². The summed E-state index contributed by atoms with van der Waals surface area (Å²) in [4.78, 5) is 27.7. The molecule has 33 heavy (non-hydrogen) atoms. The van der Waals surface area contributed by atoms with Gasteiger partial charge in [-0.1, -0.05) is 37.3 Å². The lowest BCUT2D eigenvalue weighted by Crippen LogP contribution is -2.48. The number of aromatic nitrogens is 1. The zero-order valence-corrected chi connectivity index (χ0v) is 18.7. The van der Waals surface area contributed by atoms with Gasteiger partial charge in [-0.25, -0.2) is 0 Å². The van der Waals surface area contributed by atoms with Crippen LogP contribution in [0.4, 0.5) is 0 Å². The maximum Gasteiger partial charge on any atom is 0.268 e. The lowest BCUT2D eigenvalue weighted by atomic mass is 9.81. The zero-order chi connectivity index (χ0) is 22.8.